The van der Waals surface area contributed by atoms with Crippen molar-refractivity contribution in [2.75, 3.05) is 6.54 Å². The van der Waals surface area contributed by atoms with Crippen LogP contribution in [0.5, 0.6) is 0 Å². The van der Waals surface area contributed by atoms with Crippen molar-refractivity contribution in [3.63, 3.8) is 0 Å². The molecule has 0 saturated heterocycles. The molecule has 1 aliphatic rings. The summed E-state index contributed by atoms with van der Waals surface area (Å²) in [5, 5.41) is 10.3. The monoisotopic (exact) mass is 450 g/mol. The van der Waals surface area contributed by atoms with Crippen LogP contribution in [-0.4, -0.2) is 27.2 Å². The molecule has 0 unspecified atom stereocenters. The molecule has 0 spiro atoms. The van der Waals surface area contributed by atoms with Crippen molar-refractivity contribution in [2.45, 2.75) is 38.6 Å². The van der Waals surface area contributed by atoms with E-state index in [4.69, 9.17) is 16.6 Å². The molecule has 158 valence electrons. The van der Waals surface area contributed by atoms with Crippen LogP contribution < -0.4 is 5.32 Å². The number of halogens is 1. The minimum absolute atomic E-state index is 0.157. The first kappa shape index (κ1) is 20.2. The number of nitrogens with zero attached hydrogens (tertiary/aromatic N) is 3. The van der Waals surface area contributed by atoms with Gasteiger partial charge in [-0.05, 0) is 43.4 Å². The first-order chi connectivity index (χ1) is 15.2. The van der Waals surface area contributed by atoms with Crippen molar-refractivity contribution in [3.8, 4) is 0 Å². The Morgan fingerprint density at radius 3 is 2.77 bits per heavy atom. The van der Waals surface area contributed by atoms with Crippen molar-refractivity contribution < 1.29 is 4.79 Å². The van der Waals surface area contributed by atoms with Crippen molar-refractivity contribution in [3.05, 3.63) is 80.4 Å². The maximum absolute atomic E-state index is 12.9. The summed E-state index contributed by atoms with van der Waals surface area (Å²) in [6.45, 7) is 1.06. The predicted octanol–water partition coefficient (Wildman–Crippen LogP) is 5.05. The largest absolute Gasteiger partial charge is 0.350 e. The molecule has 0 radical (unpaired) electrons. The van der Waals surface area contributed by atoms with Gasteiger partial charge in [0.15, 0.2) is 5.69 Å². The fourth-order valence-electron chi connectivity index (χ4n) is 4.08. The molecule has 0 aliphatic heterocycles. The van der Waals surface area contributed by atoms with E-state index in [9.17, 15) is 4.79 Å². The zero-order chi connectivity index (χ0) is 21.2. The molecule has 5 nitrogen and oxygen atoms in total. The molecule has 0 bridgehead atoms. The Balaban J connectivity index is 1.31. The Morgan fingerprint density at radius 2 is 1.90 bits per heavy atom. The Bertz CT molecular complexity index is 1220. The minimum Gasteiger partial charge on any atom is -0.350 e. The van der Waals surface area contributed by atoms with Crippen LogP contribution in [0.3, 0.4) is 0 Å². The van der Waals surface area contributed by atoms with Gasteiger partial charge in [-0.3, -0.25) is 9.48 Å². The SMILES string of the molecule is O=C(NCCc1nc2c(s1)CCCC2)c1nn(Cc2ccccc2Cl)c2ccccc12. The Morgan fingerprint density at radius 1 is 1.10 bits per heavy atom. The second-order valence-corrected chi connectivity index (χ2v) is 9.38. The number of aromatic nitrogens is 3. The van der Waals surface area contributed by atoms with Gasteiger partial charge in [0.25, 0.3) is 5.91 Å². The Kier molecular flexibility index (Phi) is 5.74. The number of benzene rings is 2. The zero-order valence-electron chi connectivity index (χ0n) is 17.1. The molecule has 1 aliphatic carbocycles. The summed E-state index contributed by atoms with van der Waals surface area (Å²) < 4.78 is 1.85. The van der Waals surface area contributed by atoms with E-state index in [1.54, 1.807) is 11.3 Å². The first-order valence-electron chi connectivity index (χ1n) is 10.6. The molecule has 1 amide bonds. The summed E-state index contributed by atoms with van der Waals surface area (Å²) in [5.74, 6) is -0.157. The summed E-state index contributed by atoms with van der Waals surface area (Å²) in [6, 6.07) is 15.5. The van der Waals surface area contributed by atoms with Crippen LogP contribution in [0.1, 0.15) is 44.5 Å². The lowest BCUT2D eigenvalue weighted by Gasteiger charge is -2.06. The molecule has 0 fully saturated rings. The fraction of sp³-hybridized carbons (Fsp3) is 0.292. The maximum Gasteiger partial charge on any atom is 0.272 e. The average Bonchev–Trinajstić information content (AvgIpc) is 3.37. The van der Waals surface area contributed by atoms with E-state index < -0.39 is 0 Å². The zero-order valence-corrected chi connectivity index (χ0v) is 18.7. The lowest BCUT2D eigenvalue weighted by molar-refractivity contribution is 0.0950. The highest BCUT2D eigenvalue weighted by Gasteiger charge is 2.18. The van der Waals surface area contributed by atoms with Crippen molar-refractivity contribution in [2.24, 2.45) is 0 Å². The molecule has 4 aromatic rings. The average molecular weight is 451 g/mol. The number of thiazole rings is 1. The minimum atomic E-state index is -0.157. The number of carbonyl (C=O) groups is 1. The number of aryl methyl sites for hydroxylation is 2. The summed E-state index contributed by atoms with van der Waals surface area (Å²) in [5.41, 5.74) is 3.60. The number of hydrogen-bond acceptors (Lipinski definition) is 4. The highest BCUT2D eigenvalue weighted by Crippen LogP contribution is 2.27. The second kappa shape index (κ2) is 8.81. The summed E-state index contributed by atoms with van der Waals surface area (Å²) in [4.78, 5) is 19.1. The van der Waals surface area contributed by atoms with E-state index in [-0.39, 0.29) is 5.91 Å². The molecule has 2 aromatic heterocycles. The predicted molar refractivity (Wildman–Crippen MR) is 125 cm³/mol. The summed E-state index contributed by atoms with van der Waals surface area (Å²) in [7, 11) is 0. The van der Waals surface area contributed by atoms with Crippen LogP contribution in [0.4, 0.5) is 0 Å². The Hall–Kier alpha value is -2.70. The van der Waals surface area contributed by atoms with E-state index >= 15 is 0 Å². The van der Waals surface area contributed by atoms with Crippen LogP contribution in [0.25, 0.3) is 10.9 Å². The van der Waals surface area contributed by atoms with Gasteiger partial charge in [0.1, 0.15) is 0 Å². The third-order valence-corrected chi connectivity index (χ3v) is 7.25. The van der Waals surface area contributed by atoms with Gasteiger partial charge < -0.3 is 5.32 Å². The number of nitrogens with one attached hydrogen (secondary N) is 1. The van der Waals surface area contributed by atoms with Crippen LogP contribution in [-0.2, 0) is 25.8 Å². The normalized spacial score (nSPS) is 13.3. The number of hydrogen-bond donors (Lipinski definition) is 1. The van der Waals surface area contributed by atoms with Gasteiger partial charge >= 0.3 is 0 Å². The van der Waals surface area contributed by atoms with E-state index in [1.165, 1.54) is 23.4 Å². The highest BCUT2D eigenvalue weighted by atomic mass is 35.5. The maximum atomic E-state index is 12.9. The smallest absolute Gasteiger partial charge is 0.272 e. The van der Waals surface area contributed by atoms with Crippen LogP contribution in [0, 0.1) is 0 Å². The standard InChI is InChI=1S/C24H23ClN4OS/c25-18-9-3-1-7-16(18)15-29-20-11-5-2-8-17(20)23(28-29)24(30)26-14-13-22-27-19-10-4-6-12-21(19)31-22/h1-3,5,7-9,11H,4,6,10,12-15H2,(H,26,30). The third kappa shape index (κ3) is 4.23. The van der Waals surface area contributed by atoms with Crippen LogP contribution in [0.2, 0.25) is 5.02 Å². The molecule has 0 atom stereocenters. The molecule has 2 aromatic carbocycles. The Labute approximate surface area is 190 Å². The molecule has 0 saturated carbocycles. The van der Waals surface area contributed by atoms with Gasteiger partial charge in [0.2, 0.25) is 0 Å². The van der Waals surface area contributed by atoms with E-state index in [2.05, 4.69) is 10.4 Å². The summed E-state index contributed by atoms with van der Waals surface area (Å²) in [6.07, 6.45) is 5.48. The quantitative estimate of drug-likeness (QED) is 0.447. The number of fused-ring (bicyclic) bond motifs is 2. The molecule has 31 heavy (non-hydrogen) atoms. The van der Waals surface area contributed by atoms with Gasteiger partial charge in [0, 0.05) is 28.3 Å². The topological polar surface area (TPSA) is 59.8 Å². The van der Waals surface area contributed by atoms with Gasteiger partial charge in [0.05, 0.1) is 22.8 Å². The van der Waals surface area contributed by atoms with E-state index in [0.717, 1.165) is 40.7 Å². The van der Waals surface area contributed by atoms with Crippen LogP contribution >= 0.6 is 22.9 Å². The van der Waals surface area contributed by atoms with Gasteiger partial charge in [-0.1, -0.05) is 48.0 Å². The molecular weight excluding hydrogens is 428 g/mol. The number of rotatable bonds is 6. The third-order valence-electron chi connectivity index (χ3n) is 5.67. The van der Waals surface area contributed by atoms with Crippen molar-refractivity contribution >= 4 is 39.7 Å². The van der Waals surface area contributed by atoms with Crippen LogP contribution in [0.15, 0.2) is 48.5 Å². The van der Waals surface area contributed by atoms with Gasteiger partial charge in [-0.15, -0.1) is 11.3 Å². The summed E-state index contributed by atoms with van der Waals surface area (Å²) >= 11 is 8.13. The number of amides is 1. The number of para-hydroxylation sites is 1. The van der Waals surface area contributed by atoms with Gasteiger partial charge in [-0.2, -0.15) is 5.10 Å². The molecule has 7 heteroatoms. The molecule has 5 rings (SSSR count). The van der Waals surface area contributed by atoms with Crippen molar-refractivity contribution in [1.29, 1.82) is 0 Å². The first-order valence-corrected chi connectivity index (χ1v) is 11.8. The van der Waals surface area contributed by atoms with E-state index in [0.29, 0.717) is 23.8 Å². The molecule has 1 N–H and O–H groups in total. The second-order valence-electron chi connectivity index (χ2n) is 7.81. The molecule has 2 heterocycles. The number of carbonyl (C=O) groups excluding carboxylic acids is 1. The fourth-order valence-corrected chi connectivity index (χ4v) is 5.43. The highest BCUT2D eigenvalue weighted by molar-refractivity contribution is 7.11. The lowest BCUT2D eigenvalue weighted by Crippen LogP contribution is -2.26. The van der Waals surface area contributed by atoms with Crippen molar-refractivity contribution in [1.82, 2.24) is 20.1 Å². The lowest BCUT2D eigenvalue weighted by atomic mass is 10.0. The van der Waals surface area contributed by atoms with E-state index in [1.807, 2.05) is 53.2 Å². The molecular formula is C24H23ClN4OS. The van der Waals surface area contributed by atoms with Gasteiger partial charge in [-0.25, -0.2) is 4.98 Å².